The highest BCUT2D eigenvalue weighted by Crippen LogP contribution is 2.58. The van der Waals surface area contributed by atoms with E-state index in [4.69, 9.17) is 5.73 Å². The third kappa shape index (κ3) is 1.18. The van der Waals surface area contributed by atoms with Crippen molar-refractivity contribution in [2.24, 2.45) is 7.05 Å². The summed E-state index contributed by atoms with van der Waals surface area (Å²) in [6.45, 7) is 1.95. The van der Waals surface area contributed by atoms with Gasteiger partial charge in [-0.3, -0.25) is 0 Å². The van der Waals surface area contributed by atoms with Gasteiger partial charge in [-0.2, -0.15) is 15.0 Å². The summed E-state index contributed by atoms with van der Waals surface area (Å²) < 4.78 is 0. The summed E-state index contributed by atoms with van der Waals surface area (Å²) in [5.74, 6) is 0.583. The van der Waals surface area contributed by atoms with E-state index in [1.807, 2.05) is 20.0 Å². The van der Waals surface area contributed by atoms with Crippen molar-refractivity contribution in [1.29, 1.82) is 0 Å². The van der Waals surface area contributed by atoms with E-state index < -0.39 is 0 Å². The number of aryl methyl sites for hydroxylation is 2. The quantitative estimate of drug-likeness (QED) is 0.767. The molecule has 2 aliphatic rings. The molecule has 2 aromatic heterocycles. The minimum atomic E-state index is -0.0123. The maximum atomic E-state index is 6.14. The van der Waals surface area contributed by atoms with Crippen LogP contribution in [0.1, 0.15) is 24.2 Å². The van der Waals surface area contributed by atoms with Crippen molar-refractivity contribution in [2.75, 3.05) is 17.7 Å². The summed E-state index contributed by atoms with van der Waals surface area (Å²) in [6, 6.07) is 2.05. The molecule has 19 heavy (non-hydrogen) atoms. The lowest BCUT2D eigenvalue weighted by atomic mass is 9.95. The first-order chi connectivity index (χ1) is 9.03. The van der Waals surface area contributed by atoms with Gasteiger partial charge in [-0.25, -0.2) is 4.98 Å². The van der Waals surface area contributed by atoms with E-state index in [0.717, 1.165) is 41.2 Å². The van der Waals surface area contributed by atoms with Gasteiger partial charge in [-0.05, 0) is 25.8 Å². The van der Waals surface area contributed by atoms with Crippen molar-refractivity contribution < 1.29 is 0 Å². The molecular formula is C13H16N6. The van der Waals surface area contributed by atoms with Crippen molar-refractivity contribution in [3.8, 4) is 11.3 Å². The van der Waals surface area contributed by atoms with Gasteiger partial charge in [0.15, 0.2) is 0 Å². The molecule has 1 saturated carbocycles. The Morgan fingerprint density at radius 3 is 2.68 bits per heavy atom. The molecule has 0 atom stereocenters. The van der Waals surface area contributed by atoms with Crippen molar-refractivity contribution in [3.63, 3.8) is 0 Å². The summed E-state index contributed by atoms with van der Waals surface area (Å²) in [4.78, 5) is 8.28. The zero-order valence-electron chi connectivity index (χ0n) is 11.3. The summed E-state index contributed by atoms with van der Waals surface area (Å²) in [5.41, 5.74) is 11.1. The Morgan fingerprint density at radius 1 is 1.26 bits per heavy atom. The molecule has 0 aromatic carbocycles. The first-order valence-electron chi connectivity index (χ1n) is 6.46. The molecule has 1 fully saturated rings. The lowest BCUT2D eigenvalue weighted by Crippen LogP contribution is -2.36. The first kappa shape index (κ1) is 10.8. The van der Waals surface area contributed by atoms with E-state index in [9.17, 15) is 0 Å². The number of nitrogens with two attached hydrogens (primary N) is 1. The number of hydrogen-bond acceptors (Lipinski definition) is 5. The highest BCUT2D eigenvalue weighted by atomic mass is 15.5. The Hall–Kier alpha value is -2.11. The Balaban J connectivity index is 2.10. The molecule has 0 bridgehead atoms. The smallest absolute Gasteiger partial charge is 0.148 e. The van der Waals surface area contributed by atoms with E-state index in [-0.39, 0.29) is 5.54 Å². The average molecular weight is 256 g/mol. The fraction of sp³-hybridized carbons (Fsp3) is 0.462. The molecular weight excluding hydrogens is 240 g/mol. The van der Waals surface area contributed by atoms with Crippen LogP contribution < -0.4 is 10.6 Å². The number of pyridine rings is 1. The minimum Gasteiger partial charge on any atom is -0.382 e. The third-order valence-electron chi connectivity index (χ3n) is 4.26. The van der Waals surface area contributed by atoms with Gasteiger partial charge in [-0.15, -0.1) is 0 Å². The molecule has 2 aromatic rings. The van der Waals surface area contributed by atoms with E-state index >= 15 is 0 Å². The van der Waals surface area contributed by atoms with Crippen LogP contribution in [0.4, 0.5) is 11.5 Å². The third-order valence-corrected chi connectivity index (χ3v) is 4.26. The molecule has 0 radical (unpaired) electrons. The van der Waals surface area contributed by atoms with Gasteiger partial charge < -0.3 is 10.6 Å². The van der Waals surface area contributed by atoms with Gasteiger partial charge in [-0.1, -0.05) is 0 Å². The van der Waals surface area contributed by atoms with E-state index in [2.05, 4.69) is 27.1 Å². The molecule has 0 amide bonds. The fourth-order valence-corrected chi connectivity index (χ4v) is 3.19. The molecule has 1 spiro atoms. The van der Waals surface area contributed by atoms with Crippen molar-refractivity contribution in [2.45, 2.75) is 25.3 Å². The molecule has 1 aliphatic heterocycles. The lowest BCUT2D eigenvalue weighted by Gasteiger charge is -2.35. The van der Waals surface area contributed by atoms with Crippen molar-refractivity contribution in [3.05, 3.63) is 17.5 Å². The monoisotopic (exact) mass is 256 g/mol. The number of hydrogen-bond donors (Lipinski definition) is 1. The number of fused-ring (bicyclic) bond motifs is 4. The number of nitrogens with zero attached hydrogens (tertiary/aromatic N) is 5. The van der Waals surface area contributed by atoms with Crippen LogP contribution in [0.25, 0.3) is 11.3 Å². The second-order valence-corrected chi connectivity index (χ2v) is 5.52. The van der Waals surface area contributed by atoms with Crippen LogP contribution in [-0.4, -0.2) is 27.0 Å². The van der Waals surface area contributed by atoms with Gasteiger partial charge in [0.2, 0.25) is 0 Å². The van der Waals surface area contributed by atoms with E-state index in [1.165, 1.54) is 0 Å². The van der Waals surface area contributed by atoms with Gasteiger partial charge >= 0.3 is 0 Å². The Kier molecular flexibility index (Phi) is 1.74. The van der Waals surface area contributed by atoms with Gasteiger partial charge in [0.1, 0.15) is 17.2 Å². The normalized spacial score (nSPS) is 18.4. The molecule has 3 heterocycles. The van der Waals surface area contributed by atoms with Crippen LogP contribution in [0, 0.1) is 6.92 Å². The van der Waals surface area contributed by atoms with Crippen LogP contribution in [0.5, 0.6) is 0 Å². The first-order valence-corrected chi connectivity index (χ1v) is 6.46. The predicted molar refractivity (Wildman–Crippen MR) is 72.7 cm³/mol. The summed E-state index contributed by atoms with van der Waals surface area (Å²) in [6.07, 6.45) is 2.20. The topological polar surface area (TPSA) is 72.9 Å². The Bertz CT molecular complexity index is 697. The second kappa shape index (κ2) is 3.07. The standard InChI is InChI=1S/C13H16N6/c1-7-6-8-9-11(17-19(3)16-9)13(4-5-13)18(2)10(8)12(14)15-7/h6H,4-5H2,1-3H3,(H2,14,15). The van der Waals surface area contributed by atoms with Crippen molar-refractivity contribution in [1.82, 2.24) is 20.0 Å². The lowest BCUT2D eigenvalue weighted by molar-refractivity contribution is 0.599. The second-order valence-electron chi connectivity index (χ2n) is 5.52. The number of rotatable bonds is 0. The summed E-state index contributed by atoms with van der Waals surface area (Å²) >= 11 is 0. The van der Waals surface area contributed by atoms with Gasteiger partial charge in [0.05, 0.1) is 11.2 Å². The molecule has 6 heteroatoms. The minimum absolute atomic E-state index is 0.0123. The molecule has 2 N–H and O–H groups in total. The van der Waals surface area contributed by atoms with E-state index in [0.29, 0.717) is 5.82 Å². The molecule has 0 unspecified atom stereocenters. The number of aromatic nitrogens is 4. The number of anilines is 2. The van der Waals surface area contributed by atoms with Crippen LogP contribution >= 0.6 is 0 Å². The highest BCUT2D eigenvalue weighted by molar-refractivity contribution is 5.89. The van der Waals surface area contributed by atoms with Crippen molar-refractivity contribution >= 4 is 11.5 Å². The Labute approximate surface area is 111 Å². The average Bonchev–Trinajstić information content (AvgIpc) is 3.03. The number of nitrogen functional groups attached to an aromatic ring is 1. The summed E-state index contributed by atoms with van der Waals surface area (Å²) in [7, 11) is 3.95. The maximum absolute atomic E-state index is 6.14. The SMILES string of the molecule is Cc1cc2c(c(N)n1)N(C)C1(CC1)c1nn(C)nc1-2. The van der Waals surface area contributed by atoms with Gasteiger partial charge in [0, 0.05) is 25.4 Å². The van der Waals surface area contributed by atoms with Crippen LogP contribution in [0.15, 0.2) is 6.07 Å². The van der Waals surface area contributed by atoms with E-state index in [1.54, 1.807) is 4.80 Å². The molecule has 6 nitrogen and oxygen atoms in total. The van der Waals surface area contributed by atoms with Crippen LogP contribution in [-0.2, 0) is 12.6 Å². The zero-order valence-corrected chi connectivity index (χ0v) is 11.3. The highest BCUT2D eigenvalue weighted by Gasteiger charge is 2.55. The molecule has 98 valence electrons. The molecule has 1 aliphatic carbocycles. The maximum Gasteiger partial charge on any atom is 0.148 e. The van der Waals surface area contributed by atoms with Crippen LogP contribution in [0.3, 0.4) is 0 Å². The van der Waals surface area contributed by atoms with Crippen LogP contribution in [0.2, 0.25) is 0 Å². The zero-order chi connectivity index (χ0) is 13.4. The van der Waals surface area contributed by atoms with Gasteiger partial charge in [0.25, 0.3) is 0 Å². The Morgan fingerprint density at radius 2 is 2.00 bits per heavy atom. The summed E-state index contributed by atoms with van der Waals surface area (Å²) in [5, 5.41) is 9.12. The predicted octanol–water partition coefficient (Wildman–Crippen LogP) is 1.21. The largest absolute Gasteiger partial charge is 0.382 e. The molecule has 0 saturated heterocycles. The fourth-order valence-electron chi connectivity index (χ4n) is 3.19. The molecule has 4 rings (SSSR count).